The number of thiol groups is 1. The molecule has 0 aromatic rings. The minimum atomic E-state index is 0.534. The summed E-state index contributed by atoms with van der Waals surface area (Å²) in [7, 11) is 0. The maximum Gasteiger partial charge on any atom is 0.166 e. The summed E-state index contributed by atoms with van der Waals surface area (Å²) in [6.45, 7) is 0.534. The first kappa shape index (κ1) is 5.82. The molecular formula is C3H7NOS. The summed E-state index contributed by atoms with van der Waals surface area (Å²) >= 11 is 3.83. The molecule has 0 aromatic heterocycles. The van der Waals surface area contributed by atoms with E-state index >= 15 is 0 Å². The first-order valence-electron chi connectivity index (χ1n) is 1.63. The molecule has 0 amide bonds. The Labute approximate surface area is 42.4 Å². The van der Waals surface area contributed by atoms with Crippen LogP contribution in [0.2, 0.25) is 0 Å². The summed E-state index contributed by atoms with van der Waals surface area (Å²) in [6, 6.07) is 0. The van der Waals surface area contributed by atoms with E-state index in [9.17, 15) is 0 Å². The molecule has 0 saturated heterocycles. The van der Waals surface area contributed by atoms with Gasteiger partial charge < -0.3 is 4.74 Å². The Morgan fingerprint density at radius 3 is 2.67 bits per heavy atom. The summed E-state index contributed by atoms with van der Waals surface area (Å²) in [6.07, 6.45) is 0.913. The van der Waals surface area contributed by atoms with Gasteiger partial charge in [0.15, 0.2) is 6.40 Å². The molecule has 0 radical (unpaired) electrons. The molecule has 3 heteroatoms. The Kier molecular flexibility index (Phi) is 4.68. The summed E-state index contributed by atoms with van der Waals surface area (Å²) in [5.74, 6) is 0.676. The average molecular weight is 105 g/mol. The van der Waals surface area contributed by atoms with Crippen LogP contribution in [0.3, 0.4) is 0 Å². The van der Waals surface area contributed by atoms with E-state index in [2.05, 4.69) is 17.4 Å². The van der Waals surface area contributed by atoms with Crippen molar-refractivity contribution in [2.45, 2.75) is 0 Å². The number of hydrogen-bond donors (Lipinski definition) is 2. The van der Waals surface area contributed by atoms with Crippen LogP contribution in [0.4, 0.5) is 0 Å². The number of nitrogens with one attached hydrogen (secondary N) is 1. The van der Waals surface area contributed by atoms with Crippen molar-refractivity contribution >= 4 is 19.0 Å². The summed E-state index contributed by atoms with van der Waals surface area (Å²) in [5, 5.41) is 6.32. The van der Waals surface area contributed by atoms with Crippen LogP contribution >= 0.6 is 12.6 Å². The van der Waals surface area contributed by atoms with Crippen molar-refractivity contribution in [3.05, 3.63) is 0 Å². The third-order valence-electron chi connectivity index (χ3n) is 0.292. The monoisotopic (exact) mass is 105 g/mol. The van der Waals surface area contributed by atoms with Gasteiger partial charge >= 0.3 is 0 Å². The molecule has 0 aromatic carbocycles. The predicted molar refractivity (Wildman–Crippen MR) is 28.6 cm³/mol. The number of ether oxygens (including phenoxy) is 1. The molecule has 0 aliphatic rings. The molecular weight excluding hydrogens is 98.1 g/mol. The van der Waals surface area contributed by atoms with Crippen LogP contribution in [0.15, 0.2) is 0 Å². The van der Waals surface area contributed by atoms with Gasteiger partial charge in [-0.25, -0.2) is 0 Å². The molecule has 0 bridgehead atoms. The van der Waals surface area contributed by atoms with E-state index in [4.69, 9.17) is 5.41 Å². The Morgan fingerprint density at radius 1 is 1.83 bits per heavy atom. The zero-order chi connectivity index (χ0) is 4.83. The van der Waals surface area contributed by atoms with Crippen LogP contribution in [-0.2, 0) is 4.74 Å². The van der Waals surface area contributed by atoms with Gasteiger partial charge in [0, 0.05) is 5.75 Å². The van der Waals surface area contributed by atoms with Gasteiger partial charge in [0.25, 0.3) is 0 Å². The first-order chi connectivity index (χ1) is 2.91. The summed E-state index contributed by atoms with van der Waals surface area (Å²) < 4.78 is 4.45. The maximum absolute atomic E-state index is 6.32. The maximum atomic E-state index is 6.32. The molecule has 0 heterocycles. The van der Waals surface area contributed by atoms with Gasteiger partial charge in [-0.15, -0.1) is 0 Å². The SMILES string of the molecule is N=COCCS. The van der Waals surface area contributed by atoms with Crippen molar-refractivity contribution in [2.24, 2.45) is 0 Å². The molecule has 0 fully saturated rings. The van der Waals surface area contributed by atoms with E-state index in [0.717, 1.165) is 6.40 Å². The second-order valence-corrected chi connectivity index (χ2v) is 1.16. The van der Waals surface area contributed by atoms with Crippen molar-refractivity contribution < 1.29 is 4.74 Å². The molecule has 0 spiro atoms. The average Bonchev–Trinajstić information content (AvgIpc) is 1.61. The summed E-state index contributed by atoms with van der Waals surface area (Å²) in [4.78, 5) is 0. The van der Waals surface area contributed by atoms with E-state index < -0.39 is 0 Å². The van der Waals surface area contributed by atoms with Crippen LogP contribution in [-0.4, -0.2) is 18.8 Å². The third kappa shape index (κ3) is 3.82. The van der Waals surface area contributed by atoms with E-state index in [1.807, 2.05) is 0 Å². The fourth-order valence-electron chi connectivity index (χ4n) is 0.112. The van der Waals surface area contributed by atoms with E-state index in [0.29, 0.717) is 12.4 Å². The van der Waals surface area contributed by atoms with E-state index in [1.54, 1.807) is 0 Å². The van der Waals surface area contributed by atoms with Crippen molar-refractivity contribution in [1.29, 1.82) is 5.41 Å². The topological polar surface area (TPSA) is 33.1 Å². The molecule has 0 atom stereocenters. The van der Waals surface area contributed by atoms with Crippen LogP contribution < -0.4 is 0 Å². The van der Waals surface area contributed by atoms with Crippen LogP contribution in [0.5, 0.6) is 0 Å². The molecule has 0 aliphatic heterocycles. The lowest BCUT2D eigenvalue weighted by atomic mass is 10.9. The fourth-order valence-corrected chi connectivity index (χ4v) is 0.217. The lowest BCUT2D eigenvalue weighted by molar-refractivity contribution is 0.345. The molecule has 6 heavy (non-hydrogen) atoms. The molecule has 0 aliphatic carbocycles. The quantitative estimate of drug-likeness (QED) is 0.233. The van der Waals surface area contributed by atoms with Crippen molar-refractivity contribution in [1.82, 2.24) is 0 Å². The Hall–Kier alpha value is -0.180. The number of rotatable bonds is 3. The smallest absolute Gasteiger partial charge is 0.166 e. The van der Waals surface area contributed by atoms with Gasteiger partial charge in [0.05, 0.1) is 6.61 Å². The second-order valence-electron chi connectivity index (χ2n) is 0.712. The fraction of sp³-hybridized carbons (Fsp3) is 0.667. The van der Waals surface area contributed by atoms with Crippen LogP contribution in [0.1, 0.15) is 0 Å². The van der Waals surface area contributed by atoms with Crippen LogP contribution in [0, 0.1) is 5.41 Å². The molecule has 0 unspecified atom stereocenters. The largest absolute Gasteiger partial charge is 0.483 e. The predicted octanol–water partition coefficient (Wildman–Crippen LogP) is 0.540. The van der Waals surface area contributed by atoms with Crippen molar-refractivity contribution in [3.8, 4) is 0 Å². The van der Waals surface area contributed by atoms with Gasteiger partial charge in [-0.3, -0.25) is 5.41 Å². The normalized spacial score (nSPS) is 7.50. The zero-order valence-electron chi connectivity index (χ0n) is 3.35. The standard InChI is InChI=1S/C3H7NOS/c4-3-5-1-2-6/h3-4,6H,1-2H2. The highest BCUT2D eigenvalue weighted by Gasteiger charge is 1.70. The highest BCUT2D eigenvalue weighted by molar-refractivity contribution is 7.80. The zero-order valence-corrected chi connectivity index (χ0v) is 4.24. The molecule has 2 nitrogen and oxygen atoms in total. The van der Waals surface area contributed by atoms with Gasteiger partial charge in [-0.05, 0) is 0 Å². The first-order valence-corrected chi connectivity index (χ1v) is 2.26. The van der Waals surface area contributed by atoms with Crippen molar-refractivity contribution in [3.63, 3.8) is 0 Å². The van der Waals surface area contributed by atoms with Crippen molar-refractivity contribution in [2.75, 3.05) is 12.4 Å². The third-order valence-corrected chi connectivity index (χ3v) is 0.475. The minimum absolute atomic E-state index is 0.534. The molecule has 0 saturated carbocycles. The Morgan fingerprint density at radius 2 is 2.50 bits per heavy atom. The van der Waals surface area contributed by atoms with Gasteiger partial charge in [0.1, 0.15) is 0 Å². The minimum Gasteiger partial charge on any atom is -0.483 e. The lowest BCUT2D eigenvalue weighted by Gasteiger charge is -1.88. The second kappa shape index (κ2) is 4.82. The number of hydrogen-bond acceptors (Lipinski definition) is 3. The molecule has 1 N–H and O–H groups in total. The highest BCUT2D eigenvalue weighted by atomic mass is 32.1. The van der Waals surface area contributed by atoms with Gasteiger partial charge in [-0.1, -0.05) is 0 Å². The lowest BCUT2D eigenvalue weighted by Crippen LogP contribution is -1.89. The molecule has 36 valence electrons. The Bertz CT molecular complexity index is 39.8. The highest BCUT2D eigenvalue weighted by Crippen LogP contribution is 1.70. The van der Waals surface area contributed by atoms with E-state index in [-0.39, 0.29) is 0 Å². The van der Waals surface area contributed by atoms with E-state index in [1.165, 1.54) is 0 Å². The van der Waals surface area contributed by atoms with Gasteiger partial charge in [0.2, 0.25) is 0 Å². The molecule has 0 rings (SSSR count). The van der Waals surface area contributed by atoms with Gasteiger partial charge in [-0.2, -0.15) is 12.6 Å². The Balaban J connectivity index is 2.49. The van der Waals surface area contributed by atoms with Crippen LogP contribution in [0.25, 0.3) is 0 Å². The summed E-state index contributed by atoms with van der Waals surface area (Å²) in [5.41, 5.74) is 0.